The minimum Gasteiger partial charge on any atom is -0.495 e. The number of halogens is 1. The van der Waals surface area contributed by atoms with Gasteiger partial charge >= 0.3 is 0 Å². The van der Waals surface area contributed by atoms with Crippen molar-refractivity contribution in [3.05, 3.63) is 28.8 Å². The van der Waals surface area contributed by atoms with Gasteiger partial charge in [0.2, 0.25) is 5.91 Å². The molecule has 18 heavy (non-hydrogen) atoms. The second kappa shape index (κ2) is 5.59. The topological polar surface area (TPSA) is 41.6 Å². The Morgan fingerprint density at radius 1 is 1.50 bits per heavy atom. The van der Waals surface area contributed by atoms with E-state index in [9.17, 15) is 4.79 Å². The molecule has 5 heteroatoms. The van der Waals surface area contributed by atoms with Gasteiger partial charge in [-0.1, -0.05) is 17.7 Å². The molecule has 1 aliphatic heterocycles. The molecule has 1 unspecified atom stereocenters. The summed E-state index contributed by atoms with van der Waals surface area (Å²) in [6.45, 7) is 1.61. The van der Waals surface area contributed by atoms with Gasteiger partial charge in [0.05, 0.1) is 12.1 Å². The number of likely N-dealkylation sites (N-methyl/N-ethyl adjacent to an activating group) is 1. The Labute approximate surface area is 112 Å². The van der Waals surface area contributed by atoms with Crippen LogP contribution in [-0.4, -0.2) is 38.1 Å². The quantitative estimate of drug-likeness (QED) is 0.890. The van der Waals surface area contributed by atoms with Gasteiger partial charge in [0.15, 0.2) is 0 Å². The molecule has 1 aromatic carbocycles. The number of ether oxygens (including phenoxy) is 1. The van der Waals surface area contributed by atoms with E-state index in [0.717, 1.165) is 25.1 Å². The molecule has 1 N–H and O–H groups in total. The van der Waals surface area contributed by atoms with Crippen LogP contribution in [0.15, 0.2) is 18.2 Å². The van der Waals surface area contributed by atoms with E-state index in [-0.39, 0.29) is 11.9 Å². The fraction of sp³-hybridized carbons (Fsp3) is 0.462. The maximum atomic E-state index is 12.2. The molecule has 0 spiro atoms. The maximum Gasteiger partial charge on any atom is 0.244 e. The van der Waals surface area contributed by atoms with Crippen LogP contribution in [-0.2, 0) is 4.79 Å². The lowest BCUT2D eigenvalue weighted by molar-refractivity contribution is -0.131. The Morgan fingerprint density at radius 3 is 2.94 bits per heavy atom. The van der Waals surface area contributed by atoms with Gasteiger partial charge < -0.3 is 15.0 Å². The zero-order chi connectivity index (χ0) is 13.1. The third-order valence-corrected chi connectivity index (χ3v) is 3.45. The van der Waals surface area contributed by atoms with E-state index in [1.165, 1.54) is 0 Å². The first-order valence-corrected chi connectivity index (χ1v) is 6.33. The summed E-state index contributed by atoms with van der Waals surface area (Å²) in [5.74, 6) is 0.698. The van der Waals surface area contributed by atoms with Crippen molar-refractivity contribution in [2.24, 2.45) is 0 Å². The summed E-state index contributed by atoms with van der Waals surface area (Å²) < 4.78 is 5.11. The van der Waals surface area contributed by atoms with E-state index in [1.54, 1.807) is 24.1 Å². The van der Waals surface area contributed by atoms with E-state index in [1.807, 2.05) is 13.1 Å². The van der Waals surface area contributed by atoms with Crippen LogP contribution in [0.3, 0.4) is 0 Å². The SMILES string of the molecule is COc1ccc(C2NCCCN(C)C2=O)cc1Cl. The highest BCUT2D eigenvalue weighted by Crippen LogP contribution is 2.28. The second-order valence-electron chi connectivity index (χ2n) is 4.39. The molecule has 0 aromatic heterocycles. The number of methoxy groups -OCH3 is 1. The molecule has 0 saturated carbocycles. The molecule has 1 fully saturated rings. The molecule has 0 aliphatic carbocycles. The Kier molecular flexibility index (Phi) is 4.09. The van der Waals surface area contributed by atoms with Gasteiger partial charge in [-0.2, -0.15) is 0 Å². The normalized spacial score (nSPS) is 20.7. The van der Waals surface area contributed by atoms with E-state index < -0.39 is 0 Å². The van der Waals surface area contributed by atoms with E-state index in [0.29, 0.717) is 10.8 Å². The number of rotatable bonds is 2. The summed E-state index contributed by atoms with van der Waals surface area (Å²) >= 11 is 6.10. The first-order chi connectivity index (χ1) is 8.63. The van der Waals surface area contributed by atoms with E-state index >= 15 is 0 Å². The van der Waals surface area contributed by atoms with Gasteiger partial charge in [0.1, 0.15) is 11.8 Å². The predicted molar refractivity (Wildman–Crippen MR) is 71.0 cm³/mol. The molecule has 1 saturated heterocycles. The summed E-state index contributed by atoms with van der Waals surface area (Å²) in [6, 6.07) is 5.13. The molecule has 2 rings (SSSR count). The zero-order valence-electron chi connectivity index (χ0n) is 10.6. The summed E-state index contributed by atoms with van der Waals surface area (Å²) in [4.78, 5) is 14.0. The highest BCUT2D eigenvalue weighted by atomic mass is 35.5. The molecule has 1 amide bonds. The standard InChI is InChI=1S/C13H17ClN2O2/c1-16-7-3-6-15-12(13(16)17)9-4-5-11(18-2)10(14)8-9/h4-5,8,12,15H,3,6-7H2,1-2H3. The summed E-state index contributed by atoms with van der Waals surface area (Å²) in [5.41, 5.74) is 0.875. The van der Waals surface area contributed by atoms with Crippen LogP contribution >= 0.6 is 11.6 Å². The smallest absolute Gasteiger partial charge is 0.244 e. The molecule has 1 atom stereocenters. The number of hydrogen-bond donors (Lipinski definition) is 1. The Hall–Kier alpha value is -1.26. The number of nitrogens with one attached hydrogen (secondary N) is 1. The molecular weight excluding hydrogens is 252 g/mol. The number of carbonyl (C=O) groups excluding carboxylic acids is 1. The molecule has 1 aromatic rings. The Balaban J connectivity index is 2.29. The van der Waals surface area contributed by atoms with Crippen molar-refractivity contribution in [1.82, 2.24) is 10.2 Å². The number of carbonyl (C=O) groups is 1. The number of benzene rings is 1. The largest absolute Gasteiger partial charge is 0.495 e. The van der Waals surface area contributed by atoms with Crippen molar-refractivity contribution in [3.63, 3.8) is 0 Å². The second-order valence-corrected chi connectivity index (χ2v) is 4.80. The molecule has 0 radical (unpaired) electrons. The first kappa shape index (κ1) is 13.2. The minimum atomic E-state index is -0.319. The highest BCUT2D eigenvalue weighted by molar-refractivity contribution is 6.32. The summed E-state index contributed by atoms with van der Waals surface area (Å²) in [6.07, 6.45) is 0.961. The van der Waals surface area contributed by atoms with Gasteiger partial charge in [0, 0.05) is 13.6 Å². The highest BCUT2D eigenvalue weighted by Gasteiger charge is 2.26. The van der Waals surface area contributed by atoms with Crippen LogP contribution < -0.4 is 10.1 Å². The van der Waals surface area contributed by atoms with Crippen LogP contribution in [0, 0.1) is 0 Å². The molecule has 1 heterocycles. The van der Waals surface area contributed by atoms with Crippen molar-refractivity contribution < 1.29 is 9.53 Å². The van der Waals surface area contributed by atoms with Crippen molar-refractivity contribution in [2.75, 3.05) is 27.2 Å². The predicted octanol–water partition coefficient (Wildman–Crippen LogP) is 1.84. The third kappa shape index (κ3) is 2.60. The maximum absolute atomic E-state index is 12.2. The van der Waals surface area contributed by atoms with Crippen LogP contribution in [0.4, 0.5) is 0 Å². The van der Waals surface area contributed by atoms with E-state index in [4.69, 9.17) is 16.3 Å². The van der Waals surface area contributed by atoms with Crippen molar-refractivity contribution >= 4 is 17.5 Å². The first-order valence-electron chi connectivity index (χ1n) is 5.95. The van der Waals surface area contributed by atoms with Crippen molar-refractivity contribution in [1.29, 1.82) is 0 Å². The molecule has 1 aliphatic rings. The van der Waals surface area contributed by atoms with Crippen molar-refractivity contribution in [2.45, 2.75) is 12.5 Å². The molecule has 0 bridgehead atoms. The van der Waals surface area contributed by atoms with Gasteiger partial charge in [-0.3, -0.25) is 4.79 Å². The number of amides is 1. The zero-order valence-corrected chi connectivity index (χ0v) is 11.3. The third-order valence-electron chi connectivity index (χ3n) is 3.15. The fourth-order valence-electron chi connectivity index (χ4n) is 2.10. The van der Waals surface area contributed by atoms with Gasteiger partial charge in [-0.05, 0) is 30.7 Å². The van der Waals surface area contributed by atoms with Crippen LogP contribution in [0.2, 0.25) is 5.02 Å². The summed E-state index contributed by atoms with van der Waals surface area (Å²) in [5, 5.41) is 3.78. The molecular formula is C13H17ClN2O2. The van der Waals surface area contributed by atoms with Crippen LogP contribution in [0.1, 0.15) is 18.0 Å². The Bertz CT molecular complexity index is 451. The Morgan fingerprint density at radius 2 is 2.28 bits per heavy atom. The lowest BCUT2D eigenvalue weighted by Crippen LogP contribution is -2.35. The molecule has 98 valence electrons. The average Bonchev–Trinajstić information content (AvgIpc) is 2.53. The van der Waals surface area contributed by atoms with E-state index in [2.05, 4.69) is 5.32 Å². The summed E-state index contributed by atoms with van der Waals surface area (Å²) in [7, 11) is 3.40. The van der Waals surface area contributed by atoms with Crippen LogP contribution in [0.25, 0.3) is 0 Å². The lowest BCUT2D eigenvalue weighted by atomic mass is 10.1. The molecule has 4 nitrogen and oxygen atoms in total. The number of nitrogens with zero attached hydrogens (tertiary/aromatic N) is 1. The minimum absolute atomic E-state index is 0.0775. The lowest BCUT2D eigenvalue weighted by Gasteiger charge is -2.20. The van der Waals surface area contributed by atoms with Crippen molar-refractivity contribution in [3.8, 4) is 5.75 Å². The number of hydrogen-bond acceptors (Lipinski definition) is 3. The fourth-order valence-corrected chi connectivity index (χ4v) is 2.37. The average molecular weight is 269 g/mol. The van der Waals surface area contributed by atoms with Crippen LogP contribution in [0.5, 0.6) is 5.75 Å². The monoisotopic (exact) mass is 268 g/mol. The van der Waals surface area contributed by atoms with Gasteiger partial charge in [-0.15, -0.1) is 0 Å². The van der Waals surface area contributed by atoms with Gasteiger partial charge in [-0.25, -0.2) is 0 Å². The van der Waals surface area contributed by atoms with Gasteiger partial charge in [0.25, 0.3) is 0 Å².